The minimum atomic E-state index is -1.06. The summed E-state index contributed by atoms with van der Waals surface area (Å²) in [5.41, 5.74) is 7.08. The van der Waals surface area contributed by atoms with Gasteiger partial charge in [0.25, 0.3) is 5.91 Å². The Bertz CT molecular complexity index is 708. The van der Waals surface area contributed by atoms with E-state index in [4.69, 9.17) is 15.6 Å². The van der Waals surface area contributed by atoms with Crippen LogP contribution in [-0.4, -0.2) is 17.0 Å². The SMILES string of the molecule is NC(=O)c1cc(/C=C/C(=O)O)ccc1OCc1ccccc1. The lowest BCUT2D eigenvalue weighted by molar-refractivity contribution is -0.131. The van der Waals surface area contributed by atoms with Crippen LogP contribution in [0.5, 0.6) is 5.75 Å². The lowest BCUT2D eigenvalue weighted by Crippen LogP contribution is -2.13. The lowest BCUT2D eigenvalue weighted by Gasteiger charge is -2.10. The summed E-state index contributed by atoms with van der Waals surface area (Å²) >= 11 is 0. The molecule has 0 heterocycles. The molecule has 0 bridgehead atoms. The third-order valence-electron chi connectivity index (χ3n) is 2.92. The zero-order chi connectivity index (χ0) is 15.9. The van der Waals surface area contributed by atoms with Gasteiger partial charge in [0, 0.05) is 6.08 Å². The van der Waals surface area contributed by atoms with Gasteiger partial charge in [0.15, 0.2) is 0 Å². The average Bonchev–Trinajstić information content (AvgIpc) is 2.52. The highest BCUT2D eigenvalue weighted by Gasteiger charge is 2.10. The monoisotopic (exact) mass is 297 g/mol. The highest BCUT2D eigenvalue weighted by Crippen LogP contribution is 2.22. The van der Waals surface area contributed by atoms with Crippen molar-refractivity contribution in [2.45, 2.75) is 6.61 Å². The highest BCUT2D eigenvalue weighted by molar-refractivity contribution is 5.96. The maximum absolute atomic E-state index is 11.5. The van der Waals surface area contributed by atoms with E-state index in [2.05, 4.69) is 0 Å². The smallest absolute Gasteiger partial charge is 0.328 e. The van der Waals surface area contributed by atoms with Crippen molar-refractivity contribution in [3.05, 3.63) is 71.3 Å². The van der Waals surface area contributed by atoms with Gasteiger partial charge >= 0.3 is 5.97 Å². The van der Waals surface area contributed by atoms with Gasteiger partial charge in [-0.2, -0.15) is 0 Å². The minimum Gasteiger partial charge on any atom is -0.488 e. The van der Waals surface area contributed by atoms with E-state index in [1.54, 1.807) is 12.1 Å². The fourth-order valence-electron chi connectivity index (χ4n) is 1.87. The van der Waals surface area contributed by atoms with Crippen LogP contribution in [0.4, 0.5) is 0 Å². The van der Waals surface area contributed by atoms with Crippen molar-refractivity contribution in [1.29, 1.82) is 0 Å². The zero-order valence-electron chi connectivity index (χ0n) is 11.7. The molecule has 5 nitrogen and oxygen atoms in total. The van der Waals surface area contributed by atoms with Crippen molar-refractivity contribution in [2.75, 3.05) is 0 Å². The molecule has 0 radical (unpaired) electrons. The van der Waals surface area contributed by atoms with E-state index in [1.807, 2.05) is 30.3 Å². The molecule has 2 aromatic carbocycles. The molecule has 3 N–H and O–H groups in total. The topological polar surface area (TPSA) is 89.6 Å². The van der Waals surface area contributed by atoms with Gasteiger partial charge in [-0.15, -0.1) is 0 Å². The molecule has 0 atom stereocenters. The Morgan fingerprint density at radius 1 is 1.14 bits per heavy atom. The molecule has 0 unspecified atom stereocenters. The van der Waals surface area contributed by atoms with Crippen molar-refractivity contribution in [1.82, 2.24) is 0 Å². The number of rotatable bonds is 6. The second-order valence-electron chi connectivity index (χ2n) is 4.57. The Hall–Kier alpha value is -3.08. The largest absolute Gasteiger partial charge is 0.488 e. The van der Waals surface area contributed by atoms with Gasteiger partial charge < -0.3 is 15.6 Å². The van der Waals surface area contributed by atoms with E-state index >= 15 is 0 Å². The molecule has 0 aliphatic heterocycles. The third kappa shape index (κ3) is 4.21. The fraction of sp³-hybridized carbons (Fsp3) is 0.0588. The van der Waals surface area contributed by atoms with E-state index in [9.17, 15) is 9.59 Å². The molecule has 0 saturated carbocycles. The number of hydrogen-bond acceptors (Lipinski definition) is 3. The number of hydrogen-bond donors (Lipinski definition) is 2. The van der Waals surface area contributed by atoms with Gasteiger partial charge in [-0.3, -0.25) is 4.79 Å². The predicted molar refractivity (Wildman–Crippen MR) is 82.4 cm³/mol. The van der Waals surface area contributed by atoms with Gasteiger partial charge in [-0.25, -0.2) is 4.79 Å². The Kier molecular flexibility index (Phi) is 4.93. The first kappa shape index (κ1) is 15.3. The molecular formula is C17H15NO4. The fourth-order valence-corrected chi connectivity index (χ4v) is 1.87. The van der Waals surface area contributed by atoms with E-state index < -0.39 is 11.9 Å². The summed E-state index contributed by atoms with van der Waals surface area (Å²) in [7, 11) is 0. The predicted octanol–water partition coefficient (Wildman–Crippen LogP) is 2.46. The number of ether oxygens (including phenoxy) is 1. The normalized spacial score (nSPS) is 10.5. The molecule has 2 aromatic rings. The maximum Gasteiger partial charge on any atom is 0.328 e. The van der Waals surface area contributed by atoms with Crippen molar-refractivity contribution in [2.24, 2.45) is 5.73 Å². The van der Waals surface area contributed by atoms with Crippen molar-refractivity contribution >= 4 is 18.0 Å². The van der Waals surface area contributed by atoms with Crippen LogP contribution in [0.3, 0.4) is 0 Å². The minimum absolute atomic E-state index is 0.212. The first-order valence-electron chi connectivity index (χ1n) is 6.58. The second-order valence-corrected chi connectivity index (χ2v) is 4.57. The molecule has 0 aliphatic carbocycles. The Morgan fingerprint density at radius 3 is 2.50 bits per heavy atom. The summed E-state index contributed by atoms with van der Waals surface area (Å²) in [4.78, 5) is 22.0. The standard InChI is InChI=1S/C17H15NO4/c18-17(21)14-10-12(7-9-16(19)20)6-8-15(14)22-11-13-4-2-1-3-5-13/h1-10H,11H2,(H2,18,21)(H,19,20)/b9-7+. The highest BCUT2D eigenvalue weighted by atomic mass is 16.5. The Morgan fingerprint density at radius 2 is 1.86 bits per heavy atom. The molecule has 0 saturated heterocycles. The molecule has 0 fully saturated rings. The van der Waals surface area contributed by atoms with Crippen LogP contribution in [0.25, 0.3) is 6.08 Å². The number of amides is 1. The van der Waals surface area contributed by atoms with Crippen LogP contribution in [0, 0.1) is 0 Å². The number of carbonyl (C=O) groups is 2. The molecule has 0 aliphatic rings. The first-order chi connectivity index (χ1) is 10.6. The molecule has 22 heavy (non-hydrogen) atoms. The van der Waals surface area contributed by atoms with Crippen LogP contribution in [-0.2, 0) is 11.4 Å². The van der Waals surface area contributed by atoms with Gasteiger partial charge in [0.2, 0.25) is 0 Å². The Balaban J connectivity index is 2.20. The van der Waals surface area contributed by atoms with E-state index in [0.29, 0.717) is 17.9 Å². The quantitative estimate of drug-likeness (QED) is 0.801. The summed E-state index contributed by atoms with van der Waals surface area (Å²) in [6.45, 7) is 0.311. The summed E-state index contributed by atoms with van der Waals surface area (Å²) in [5.74, 6) is -1.33. The number of aliphatic carboxylic acids is 1. The third-order valence-corrected chi connectivity index (χ3v) is 2.92. The van der Waals surface area contributed by atoms with Gasteiger partial charge in [-0.05, 0) is 29.3 Å². The number of nitrogens with two attached hydrogens (primary N) is 1. The van der Waals surface area contributed by atoms with Crippen LogP contribution in [0.15, 0.2) is 54.6 Å². The number of benzene rings is 2. The van der Waals surface area contributed by atoms with Crippen molar-refractivity contribution in [3.8, 4) is 5.75 Å². The maximum atomic E-state index is 11.5. The second kappa shape index (κ2) is 7.08. The summed E-state index contributed by atoms with van der Waals surface area (Å²) in [6.07, 6.45) is 2.38. The van der Waals surface area contributed by atoms with Gasteiger partial charge in [0.05, 0.1) is 5.56 Å². The zero-order valence-corrected chi connectivity index (χ0v) is 11.7. The molecule has 1 amide bonds. The van der Waals surface area contributed by atoms with Crippen LogP contribution < -0.4 is 10.5 Å². The number of carboxylic acids is 1. The van der Waals surface area contributed by atoms with Crippen LogP contribution in [0.1, 0.15) is 21.5 Å². The summed E-state index contributed by atoms with van der Waals surface area (Å²) < 4.78 is 5.62. The summed E-state index contributed by atoms with van der Waals surface area (Å²) in [5, 5.41) is 8.62. The number of carbonyl (C=O) groups excluding carboxylic acids is 1. The molecule has 112 valence electrons. The molecule has 0 spiro atoms. The summed E-state index contributed by atoms with van der Waals surface area (Å²) in [6, 6.07) is 14.3. The number of primary amides is 1. The van der Waals surface area contributed by atoms with Crippen LogP contribution >= 0.6 is 0 Å². The van der Waals surface area contributed by atoms with E-state index in [0.717, 1.165) is 11.6 Å². The van der Waals surface area contributed by atoms with Gasteiger partial charge in [0.1, 0.15) is 12.4 Å². The molecule has 2 rings (SSSR count). The van der Waals surface area contributed by atoms with Crippen molar-refractivity contribution < 1.29 is 19.4 Å². The van der Waals surface area contributed by atoms with E-state index in [-0.39, 0.29) is 5.56 Å². The molecular weight excluding hydrogens is 282 g/mol. The van der Waals surface area contributed by atoms with Gasteiger partial charge in [-0.1, -0.05) is 36.4 Å². The van der Waals surface area contributed by atoms with Crippen molar-refractivity contribution in [3.63, 3.8) is 0 Å². The number of carboxylic acid groups (broad SMARTS) is 1. The average molecular weight is 297 g/mol. The Labute approximate surface area is 127 Å². The van der Waals surface area contributed by atoms with E-state index in [1.165, 1.54) is 12.1 Å². The molecule has 5 heteroatoms. The molecule has 0 aromatic heterocycles. The lowest BCUT2D eigenvalue weighted by atomic mass is 10.1. The first-order valence-corrected chi connectivity index (χ1v) is 6.58. The van der Waals surface area contributed by atoms with Crippen LogP contribution in [0.2, 0.25) is 0 Å².